The van der Waals surface area contributed by atoms with Crippen molar-refractivity contribution in [1.29, 1.82) is 0 Å². The minimum atomic E-state index is 0.255. The summed E-state index contributed by atoms with van der Waals surface area (Å²) < 4.78 is 0. The molecule has 0 aromatic carbocycles. The highest BCUT2D eigenvalue weighted by molar-refractivity contribution is 8.16. The second kappa shape index (κ2) is 6.20. The van der Waals surface area contributed by atoms with E-state index in [-0.39, 0.29) is 6.04 Å². The van der Waals surface area contributed by atoms with Crippen molar-refractivity contribution >= 4 is 34.2 Å². The lowest BCUT2D eigenvalue weighted by molar-refractivity contribution is 0.836. The van der Waals surface area contributed by atoms with E-state index in [0.717, 1.165) is 30.2 Å². The maximum atomic E-state index is 5.89. The van der Waals surface area contributed by atoms with E-state index in [1.165, 1.54) is 0 Å². The highest BCUT2D eigenvalue weighted by Gasteiger charge is 2.29. The Morgan fingerprint density at radius 2 is 2.50 bits per heavy atom. The zero-order chi connectivity index (χ0) is 13.0. The molecule has 1 aliphatic heterocycles. The van der Waals surface area contributed by atoms with Crippen LogP contribution in [0, 0.1) is 0 Å². The molecule has 0 spiro atoms. The SMILES string of the molecule is C=CS/C(=N\C)C1CCCN1c1cncc(Cl)n1. The maximum absolute atomic E-state index is 5.89. The van der Waals surface area contributed by atoms with Gasteiger partial charge in [-0.15, -0.1) is 0 Å². The molecule has 0 N–H and O–H groups in total. The number of aromatic nitrogens is 2. The van der Waals surface area contributed by atoms with Gasteiger partial charge < -0.3 is 4.90 Å². The monoisotopic (exact) mass is 282 g/mol. The van der Waals surface area contributed by atoms with Crippen LogP contribution in [0.4, 0.5) is 5.82 Å². The van der Waals surface area contributed by atoms with E-state index in [9.17, 15) is 0 Å². The lowest BCUT2D eigenvalue weighted by Crippen LogP contribution is -2.35. The largest absolute Gasteiger partial charge is 0.346 e. The van der Waals surface area contributed by atoms with Crippen LogP contribution in [-0.4, -0.2) is 34.6 Å². The van der Waals surface area contributed by atoms with Gasteiger partial charge in [0, 0.05) is 13.6 Å². The van der Waals surface area contributed by atoms with Crippen LogP contribution < -0.4 is 4.90 Å². The van der Waals surface area contributed by atoms with Crippen LogP contribution in [0.2, 0.25) is 5.15 Å². The van der Waals surface area contributed by atoms with Crippen molar-refractivity contribution in [3.8, 4) is 0 Å². The van der Waals surface area contributed by atoms with Crippen molar-refractivity contribution in [2.24, 2.45) is 4.99 Å². The van der Waals surface area contributed by atoms with Gasteiger partial charge in [-0.25, -0.2) is 4.98 Å². The third kappa shape index (κ3) is 2.84. The molecule has 1 atom stereocenters. The van der Waals surface area contributed by atoms with Gasteiger partial charge in [0.15, 0.2) is 0 Å². The fourth-order valence-corrected chi connectivity index (χ4v) is 2.96. The van der Waals surface area contributed by atoms with Crippen LogP contribution in [0.15, 0.2) is 29.4 Å². The Labute approximate surface area is 116 Å². The summed E-state index contributed by atoms with van der Waals surface area (Å²) in [5.74, 6) is 0.816. The van der Waals surface area contributed by atoms with Crippen molar-refractivity contribution in [2.75, 3.05) is 18.5 Å². The molecular formula is C12H15ClN4S. The van der Waals surface area contributed by atoms with Crippen molar-refractivity contribution < 1.29 is 0 Å². The Morgan fingerprint density at radius 3 is 3.17 bits per heavy atom. The quantitative estimate of drug-likeness (QED) is 0.631. The minimum Gasteiger partial charge on any atom is -0.346 e. The molecule has 2 heterocycles. The fraction of sp³-hybridized carbons (Fsp3) is 0.417. The molecule has 4 nitrogen and oxygen atoms in total. The fourth-order valence-electron chi connectivity index (χ4n) is 2.13. The molecular weight excluding hydrogens is 268 g/mol. The zero-order valence-electron chi connectivity index (χ0n) is 10.2. The number of halogens is 1. The molecule has 1 saturated heterocycles. The number of rotatable bonds is 3. The molecule has 18 heavy (non-hydrogen) atoms. The van der Waals surface area contributed by atoms with Crippen molar-refractivity contribution in [3.05, 3.63) is 29.5 Å². The molecule has 1 aliphatic rings. The first-order chi connectivity index (χ1) is 8.76. The molecule has 1 fully saturated rings. The van der Waals surface area contributed by atoms with Gasteiger partial charge in [0.05, 0.1) is 23.5 Å². The maximum Gasteiger partial charge on any atom is 0.149 e. The van der Waals surface area contributed by atoms with E-state index in [0.29, 0.717) is 5.15 Å². The number of aliphatic imine (C=N–C) groups is 1. The Kier molecular flexibility index (Phi) is 4.60. The third-order valence-corrected chi connectivity index (χ3v) is 3.89. The predicted molar refractivity (Wildman–Crippen MR) is 78.6 cm³/mol. The molecule has 1 aromatic heterocycles. The van der Waals surface area contributed by atoms with Gasteiger partial charge in [0.1, 0.15) is 11.0 Å². The van der Waals surface area contributed by atoms with Gasteiger partial charge in [-0.3, -0.25) is 9.98 Å². The molecule has 1 unspecified atom stereocenters. The second-order valence-electron chi connectivity index (χ2n) is 3.90. The van der Waals surface area contributed by atoms with Crippen LogP contribution in [0.5, 0.6) is 0 Å². The average Bonchev–Trinajstić information content (AvgIpc) is 2.85. The normalized spacial score (nSPS) is 20.2. The Morgan fingerprint density at radius 1 is 1.67 bits per heavy atom. The van der Waals surface area contributed by atoms with E-state index in [2.05, 4.69) is 26.4 Å². The zero-order valence-corrected chi connectivity index (χ0v) is 11.8. The molecule has 0 radical (unpaired) electrons. The topological polar surface area (TPSA) is 41.4 Å². The summed E-state index contributed by atoms with van der Waals surface area (Å²) in [6.07, 6.45) is 5.48. The van der Waals surface area contributed by atoms with Gasteiger partial charge in [0.25, 0.3) is 0 Å². The number of anilines is 1. The first kappa shape index (κ1) is 13.4. The average molecular weight is 283 g/mol. The molecule has 0 bridgehead atoms. The van der Waals surface area contributed by atoms with E-state index < -0.39 is 0 Å². The second-order valence-corrected chi connectivity index (χ2v) is 5.27. The number of nitrogens with zero attached hydrogens (tertiary/aromatic N) is 4. The van der Waals surface area contributed by atoms with Crippen molar-refractivity contribution in [3.63, 3.8) is 0 Å². The van der Waals surface area contributed by atoms with Gasteiger partial charge in [-0.1, -0.05) is 29.9 Å². The smallest absolute Gasteiger partial charge is 0.149 e. The van der Waals surface area contributed by atoms with Crippen molar-refractivity contribution in [1.82, 2.24) is 9.97 Å². The predicted octanol–water partition coefficient (Wildman–Crippen LogP) is 3.00. The van der Waals surface area contributed by atoms with Gasteiger partial charge in [-0.2, -0.15) is 0 Å². The number of thioether (sulfide) groups is 1. The third-order valence-electron chi connectivity index (χ3n) is 2.85. The number of hydrogen-bond donors (Lipinski definition) is 0. The lowest BCUT2D eigenvalue weighted by Gasteiger charge is -2.25. The van der Waals surface area contributed by atoms with E-state index in [1.807, 2.05) is 12.5 Å². The Balaban J connectivity index is 2.24. The summed E-state index contributed by atoms with van der Waals surface area (Å²) in [5, 5.41) is 3.29. The summed E-state index contributed by atoms with van der Waals surface area (Å²) in [4.78, 5) is 15.0. The molecule has 1 aromatic rings. The standard InChI is InChI=1S/C12H15ClN4S/c1-3-18-12(14-2)9-5-4-6-17(9)11-8-15-7-10(13)16-11/h3,7-9H,1,4-6H2,2H3/b14-12-. The summed E-state index contributed by atoms with van der Waals surface area (Å²) >= 11 is 7.46. The van der Waals surface area contributed by atoms with Crippen LogP contribution in [0.25, 0.3) is 0 Å². The highest BCUT2D eigenvalue weighted by Crippen LogP contribution is 2.28. The van der Waals surface area contributed by atoms with Crippen molar-refractivity contribution in [2.45, 2.75) is 18.9 Å². The summed E-state index contributed by atoms with van der Waals surface area (Å²) in [7, 11) is 1.81. The lowest BCUT2D eigenvalue weighted by atomic mass is 10.2. The first-order valence-corrected chi connectivity index (χ1v) is 7.00. The molecule has 6 heteroatoms. The summed E-state index contributed by atoms with van der Waals surface area (Å²) in [5.41, 5.74) is 0. The van der Waals surface area contributed by atoms with E-state index in [4.69, 9.17) is 11.6 Å². The first-order valence-electron chi connectivity index (χ1n) is 5.74. The molecule has 2 rings (SSSR count). The minimum absolute atomic E-state index is 0.255. The molecule has 0 amide bonds. The van der Waals surface area contributed by atoms with Crippen LogP contribution in [0.3, 0.4) is 0 Å². The molecule has 0 saturated carbocycles. The highest BCUT2D eigenvalue weighted by atomic mass is 35.5. The van der Waals surface area contributed by atoms with Gasteiger partial charge in [0.2, 0.25) is 0 Å². The summed E-state index contributed by atoms with van der Waals surface area (Å²) in [6.45, 7) is 4.70. The summed E-state index contributed by atoms with van der Waals surface area (Å²) in [6, 6.07) is 0.255. The van der Waals surface area contributed by atoms with Gasteiger partial charge in [-0.05, 0) is 18.2 Å². The number of hydrogen-bond acceptors (Lipinski definition) is 5. The molecule has 96 valence electrons. The Hall–Kier alpha value is -1.07. The molecule has 0 aliphatic carbocycles. The van der Waals surface area contributed by atoms with Gasteiger partial charge >= 0.3 is 0 Å². The van der Waals surface area contributed by atoms with E-state index >= 15 is 0 Å². The van der Waals surface area contributed by atoms with Crippen LogP contribution in [-0.2, 0) is 0 Å². The Bertz CT molecular complexity index is 463. The van der Waals surface area contributed by atoms with E-state index in [1.54, 1.807) is 24.2 Å². The van der Waals surface area contributed by atoms with Crippen LogP contribution in [0.1, 0.15) is 12.8 Å². The van der Waals surface area contributed by atoms with Crippen LogP contribution >= 0.6 is 23.4 Å².